The van der Waals surface area contributed by atoms with Crippen LogP contribution in [0.2, 0.25) is 0 Å². The molecule has 7 heterocycles. The van der Waals surface area contributed by atoms with E-state index in [0.717, 1.165) is 114 Å². The van der Waals surface area contributed by atoms with Crippen LogP contribution in [0, 0.1) is 0 Å². The van der Waals surface area contributed by atoms with E-state index in [1.165, 1.54) is 5.39 Å². The molecule has 0 radical (unpaired) electrons. The summed E-state index contributed by atoms with van der Waals surface area (Å²) in [5, 5.41) is 11.2. The molecule has 0 N–H and O–H groups in total. The average molecular weight is 1150 g/mol. The Morgan fingerprint density at radius 1 is 0.341 bits per heavy atom. The Labute approximate surface area is 487 Å². The molecule has 4 aromatic heterocycles. The molecule has 3 saturated heterocycles. The maximum Gasteiger partial charge on any atom is 0.498 e. The van der Waals surface area contributed by atoms with Gasteiger partial charge in [-0.05, 0) is 135 Å². The molecule has 8 aromatic carbocycles. The highest BCUT2D eigenvalue weighted by Gasteiger charge is 2.64. The van der Waals surface area contributed by atoms with Crippen LogP contribution in [0.25, 0.3) is 110 Å². The van der Waals surface area contributed by atoms with Gasteiger partial charge >= 0.3 is 21.1 Å². The maximum absolute atomic E-state index is 6.55. The average Bonchev–Trinajstić information content (AvgIpc) is 2.38. The second kappa shape index (κ2) is 19.6. The van der Waals surface area contributed by atoms with Gasteiger partial charge in [0.2, 0.25) is 0 Å². The highest BCUT2D eigenvalue weighted by atomic mass is 79.9. The van der Waals surface area contributed by atoms with Crippen LogP contribution in [0.1, 0.15) is 83.1 Å². The highest BCUT2D eigenvalue weighted by molar-refractivity contribution is 9.10. The van der Waals surface area contributed by atoms with Crippen molar-refractivity contribution in [1.29, 1.82) is 0 Å². The minimum absolute atomic E-state index is 0.360. The summed E-state index contributed by atoms with van der Waals surface area (Å²) in [6.07, 6.45) is 0. The molecule has 410 valence electrons. The minimum atomic E-state index is -0.558. The SMILES string of the molecule is Brc1cc2c(-c3ccccc3)nc3ccccc3c2c2c1oc1ccccc12.CC1(C)OB(B2OC(C)(C)C(C)(C)O2)OC1(C)C.CC1(C)OB(c2cc3c(-c4ccccc4)nc4ccccc4c3c3c2oc2ccccc23)OC1(C)C. The molecule has 15 rings (SSSR count). The van der Waals surface area contributed by atoms with Gasteiger partial charge in [-0.25, -0.2) is 9.97 Å². The van der Waals surface area contributed by atoms with Gasteiger partial charge in [-0.15, -0.1) is 0 Å². The Hall–Kier alpha value is -6.87. The van der Waals surface area contributed by atoms with Crippen molar-refractivity contribution in [2.24, 2.45) is 0 Å². The second-order valence-electron chi connectivity index (χ2n) is 24.8. The van der Waals surface area contributed by atoms with E-state index in [2.05, 4.69) is 165 Å². The summed E-state index contributed by atoms with van der Waals surface area (Å²) in [6, 6.07) is 58.2. The summed E-state index contributed by atoms with van der Waals surface area (Å²) >= 11 is 3.75. The molecule has 0 unspecified atom stereocenters. The van der Waals surface area contributed by atoms with Crippen LogP contribution in [-0.2, 0) is 27.9 Å². The number of aromatic nitrogens is 2. The summed E-state index contributed by atoms with van der Waals surface area (Å²) < 4.78 is 50.6. The van der Waals surface area contributed by atoms with Crippen LogP contribution >= 0.6 is 15.9 Å². The molecule has 12 aromatic rings. The molecule has 3 aliphatic rings. The monoisotopic (exact) mass is 1150 g/mol. The van der Waals surface area contributed by atoms with E-state index in [4.69, 9.17) is 46.7 Å². The van der Waals surface area contributed by atoms with Crippen molar-refractivity contribution >= 4 is 130 Å². The van der Waals surface area contributed by atoms with Crippen molar-refractivity contribution in [2.45, 2.75) is 117 Å². The van der Waals surface area contributed by atoms with E-state index in [-0.39, 0.29) is 22.4 Å². The van der Waals surface area contributed by atoms with Gasteiger partial charge in [-0.1, -0.05) is 133 Å². The fraction of sp³-hybridized carbons (Fsp3) is 0.265. The number of nitrogens with zero attached hydrogens (tertiary/aromatic N) is 2. The number of fused-ring (bicyclic) bond motifs is 14. The summed E-state index contributed by atoms with van der Waals surface area (Å²) in [5.41, 5.74) is 8.00. The van der Waals surface area contributed by atoms with Crippen molar-refractivity contribution in [1.82, 2.24) is 9.97 Å². The zero-order valence-corrected chi connectivity index (χ0v) is 50.0. The number of para-hydroxylation sites is 4. The summed E-state index contributed by atoms with van der Waals surface area (Å²) in [4.78, 5) is 10.2. The quantitative estimate of drug-likeness (QED) is 0.125. The lowest BCUT2D eigenvalue weighted by Crippen LogP contribution is -2.41. The Balaban J connectivity index is 0.000000122. The van der Waals surface area contributed by atoms with Crippen LogP contribution in [0.5, 0.6) is 0 Å². The Morgan fingerprint density at radius 3 is 1.12 bits per heavy atom. The largest absolute Gasteiger partial charge is 0.498 e. The van der Waals surface area contributed by atoms with E-state index in [9.17, 15) is 0 Å². The topological polar surface area (TPSA) is 107 Å². The number of hydrogen-bond donors (Lipinski definition) is 0. The molecule has 0 aliphatic carbocycles. The summed E-state index contributed by atoms with van der Waals surface area (Å²) in [7, 11) is -1.51. The molecule has 3 aliphatic heterocycles. The first-order chi connectivity index (χ1) is 39.0. The Kier molecular flexibility index (Phi) is 13.0. The van der Waals surface area contributed by atoms with Crippen LogP contribution in [-0.4, -0.2) is 64.7 Å². The van der Waals surface area contributed by atoms with Gasteiger partial charge in [0.25, 0.3) is 0 Å². The Bertz CT molecular complexity index is 4400. The van der Waals surface area contributed by atoms with E-state index in [0.29, 0.717) is 0 Å². The zero-order valence-electron chi connectivity index (χ0n) is 48.4. The molecule has 3 fully saturated rings. The molecule has 10 nitrogen and oxygen atoms in total. The van der Waals surface area contributed by atoms with Crippen LogP contribution in [0.3, 0.4) is 0 Å². The van der Waals surface area contributed by atoms with E-state index < -0.39 is 32.3 Å². The number of benzene rings is 8. The predicted octanol–water partition coefficient (Wildman–Crippen LogP) is 17.2. The van der Waals surface area contributed by atoms with Crippen molar-refractivity contribution in [3.05, 3.63) is 174 Å². The van der Waals surface area contributed by atoms with E-state index in [1.807, 2.05) is 104 Å². The highest BCUT2D eigenvalue weighted by Crippen LogP contribution is 2.47. The standard InChI is InChI=1S/C31H26BNO3.C25H14BrNO.C12H24B2O4/c1-30(2)31(3,4)36-32(35-30)23-18-22-26(27-21-15-9-11-17-25(21)34-29(23)27)20-14-8-10-16-24(20)33-28(22)19-12-6-5-7-13-19;26-19-14-18-22(23-17-11-5-7-13-21(17)28-25(19)23)16-10-4-6-12-20(16)27-24(18)15-8-2-1-3-9-15;1-9(2)10(3,4)16-13(15-9)14-17-11(5,6)12(7,8)18-14/h5-18H,1-4H3;1-14H;1-8H3. The first-order valence-corrected chi connectivity index (χ1v) is 29.0. The van der Waals surface area contributed by atoms with Gasteiger partial charge in [0.1, 0.15) is 22.3 Å². The fourth-order valence-corrected chi connectivity index (χ4v) is 11.9. The molecule has 14 heteroatoms. The van der Waals surface area contributed by atoms with Gasteiger partial charge in [0.15, 0.2) is 0 Å². The number of furan rings is 2. The molecular weight excluding hydrogens is 1090 g/mol. The number of rotatable bonds is 4. The van der Waals surface area contributed by atoms with Crippen molar-refractivity contribution in [3.63, 3.8) is 0 Å². The predicted molar refractivity (Wildman–Crippen MR) is 340 cm³/mol. The van der Waals surface area contributed by atoms with Crippen LogP contribution < -0.4 is 5.46 Å². The van der Waals surface area contributed by atoms with Crippen LogP contribution in [0.15, 0.2) is 183 Å². The van der Waals surface area contributed by atoms with Gasteiger partial charge < -0.3 is 36.8 Å². The molecule has 0 spiro atoms. The summed E-state index contributed by atoms with van der Waals surface area (Å²) in [6.45, 7) is 24.5. The molecule has 82 heavy (non-hydrogen) atoms. The fourth-order valence-electron chi connectivity index (χ4n) is 11.4. The molecule has 0 amide bonds. The third kappa shape index (κ3) is 8.96. The number of pyridine rings is 2. The minimum Gasteiger partial charge on any atom is -0.456 e. The first kappa shape index (κ1) is 54.4. The lowest BCUT2D eigenvalue weighted by molar-refractivity contribution is 0.00578. The van der Waals surface area contributed by atoms with E-state index in [1.54, 1.807) is 0 Å². The normalized spacial score (nSPS) is 18.5. The Morgan fingerprint density at radius 2 is 0.683 bits per heavy atom. The smallest absolute Gasteiger partial charge is 0.456 e. The van der Waals surface area contributed by atoms with E-state index >= 15 is 0 Å². The zero-order chi connectivity index (χ0) is 57.3. The van der Waals surface area contributed by atoms with Gasteiger partial charge in [0.05, 0.1) is 60.5 Å². The molecule has 0 bridgehead atoms. The number of hydrogen-bond acceptors (Lipinski definition) is 10. The van der Waals surface area contributed by atoms with Crippen molar-refractivity contribution in [3.8, 4) is 22.5 Å². The van der Waals surface area contributed by atoms with Gasteiger partial charge in [0, 0.05) is 70.5 Å². The van der Waals surface area contributed by atoms with Gasteiger partial charge in [-0.3, -0.25) is 0 Å². The lowest BCUT2D eigenvalue weighted by atomic mass is 9.49. The lowest BCUT2D eigenvalue weighted by Gasteiger charge is -2.32. The third-order valence-electron chi connectivity index (χ3n) is 18.0. The second-order valence-corrected chi connectivity index (χ2v) is 25.7. The summed E-state index contributed by atoms with van der Waals surface area (Å²) in [5.74, 6) is 0. The van der Waals surface area contributed by atoms with Crippen molar-refractivity contribution < 1.29 is 36.8 Å². The maximum atomic E-state index is 6.55. The van der Waals surface area contributed by atoms with Gasteiger partial charge in [-0.2, -0.15) is 0 Å². The van der Waals surface area contributed by atoms with Crippen LogP contribution in [0.4, 0.5) is 0 Å². The third-order valence-corrected chi connectivity index (χ3v) is 18.6. The molecular formula is C68H64B3BrN2O8. The first-order valence-electron chi connectivity index (χ1n) is 28.2. The molecule has 0 atom stereocenters. The number of halogens is 1. The molecule has 0 saturated carbocycles. The van der Waals surface area contributed by atoms with Crippen molar-refractivity contribution in [2.75, 3.05) is 0 Å².